The molecule has 1 aromatic carbocycles. The number of benzene rings is 1. The zero-order valence-electron chi connectivity index (χ0n) is 14.7. The fourth-order valence-corrected chi connectivity index (χ4v) is 3.24. The molecule has 0 radical (unpaired) electrons. The Balaban J connectivity index is 0.00000225. The fraction of sp³-hybridized carbons (Fsp3) is 0.333. The molecule has 7 heteroatoms. The van der Waals surface area contributed by atoms with Crippen LogP contribution >= 0.6 is 0 Å². The number of hydrogen-bond acceptors (Lipinski definition) is 4. The van der Waals surface area contributed by atoms with Gasteiger partial charge in [-0.25, -0.2) is 9.97 Å². The van der Waals surface area contributed by atoms with Gasteiger partial charge in [-0.05, 0) is 29.7 Å². The van der Waals surface area contributed by atoms with Crippen LogP contribution in [0.25, 0.3) is 11.0 Å². The number of rotatable bonds is 5. The third-order valence-electron chi connectivity index (χ3n) is 3.47. The second-order valence-electron chi connectivity index (χ2n) is 6.98. The van der Waals surface area contributed by atoms with E-state index in [0.717, 1.165) is 29.1 Å². The number of aromatic nitrogens is 3. The Labute approximate surface area is 149 Å². The number of fused-ring (bicyclic) bond motifs is 1. The van der Waals surface area contributed by atoms with Crippen molar-refractivity contribution in [2.24, 2.45) is 5.41 Å². The average Bonchev–Trinajstić information content (AvgIpc) is 2.97. The largest absolute Gasteiger partial charge is 0.412 e. The third kappa shape index (κ3) is 5.11. The summed E-state index contributed by atoms with van der Waals surface area (Å²) >= 11 is 0. The Bertz CT molecular complexity index is 838. The van der Waals surface area contributed by atoms with Crippen LogP contribution in [-0.2, 0) is 16.6 Å². The number of nitrogens with zero attached hydrogens (tertiary/aromatic N) is 2. The highest BCUT2D eigenvalue weighted by molar-refractivity contribution is 7.84. The number of anilines is 1. The van der Waals surface area contributed by atoms with Crippen molar-refractivity contribution in [2.75, 3.05) is 11.9 Å². The molecule has 0 aliphatic heterocycles. The Morgan fingerprint density at radius 3 is 2.56 bits per heavy atom. The molecule has 0 fully saturated rings. The molecule has 1 atom stereocenters. The first kappa shape index (κ1) is 19.1. The molecule has 4 N–H and O–H groups in total. The highest BCUT2D eigenvalue weighted by atomic mass is 32.2. The summed E-state index contributed by atoms with van der Waals surface area (Å²) in [4.78, 5) is 12.1. The van der Waals surface area contributed by atoms with Gasteiger partial charge in [-0.15, -0.1) is 0 Å². The van der Waals surface area contributed by atoms with Crippen LogP contribution in [0, 0.1) is 5.41 Å². The van der Waals surface area contributed by atoms with Crippen molar-refractivity contribution in [3.05, 3.63) is 48.2 Å². The molecule has 0 amide bonds. The van der Waals surface area contributed by atoms with Crippen molar-refractivity contribution < 1.29 is 9.69 Å². The molecule has 2 aromatic heterocycles. The van der Waals surface area contributed by atoms with Gasteiger partial charge in [0.05, 0.1) is 33.3 Å². The Morgan fingerprint density at radius 1 is 1.08 bits per heavy atom. The number of hydrogen-bond donors (Lipinski definition) is 2. The molecule has 0 aliphatic rings. The smallest absolute Gasteiger partial charge is 0.197 e. The molecule has 0 saturated carbocycles. The molecule has 0 bridgehead atoms. The SMILES string of the molecule is CC(C)(C)CNc1cccc(CS(=O)c2nc3ccccc3[nH]2)n1.O. The van der Waals surface area contributed by atoms with Crippen LogP contribution in [-0.4, -0.2) is 31.2 Å². The van der Waals surface area contributed by atoms with E-state index in [9.17, 15) is 4.21 Å². The van der Waals surface area contributed by atoms with Gasteiger partial charge in [0.25, 0.3) is 0 Å². The van der Waals surface area contributed by atoms with Gasteiger partial charge in [-0.1, -0.05) is 39.0 Å². The molecule has 1 unspecified atom stereocenters. The Morgan fingerprint density at radius 2 is 1.84 bits per heavy atom. The van der Waals surface area contributed by atoms with E-state index >= 15 is 0 Å². The van der Waals surface area contributed by atoms with Crippen LogP contribution in [0.15, 0.2) is 47.6 Å². The number of para-hydroxylation sites is 2. The molecule has 0 spiro atoms. The van der Waals surface area contributed by atoms with Crippen LogP contribution in [0.4, 0.5) is 5.82 Å². The Kier molecular flexibility index (Phi) is 5.92. The first-order valence-electron chi connectivity index (χ1n) is 7.94. The molecule has 6 nitrogen and oxygen atoms in total. The molecule has 3 rings (SSSR count). The van der Waals surface area contributed by atoms with Crippen LogP contribution in [0.5, 0.6) is 0 Å². The van der Waals surface area contributed by atoms with E-state index < -0.39 is 10.8 Å². The highest BCUT2D eigenvalue weighted by Crippen LogP contribution is 2.17. The zero-order chi connectivity index (χ0) is 17.2. The summed E-state index contributed by atoms with van der Waals surface area (Å²) in [5, 5.41) is 3.82. The Hall–Kier alpha value is -2.25. The average molecular weight is 360 g/mol. The number of H-pyrrole nitrogens is 1. The first-order chi connectivity index (χ1) is 11.4. The van der Waals surface area contributed by atoms with Crippen LogP contribution in [0.3, 0.4) is 0 Å². The molecule has 0 aliphatic carbocycles. The van der Waals surface area contributed by atoms with Gasteiger partial charge in [0, 0.05) is 6.54 Å². The van der Waals surface area contributed by atoms with Crippen molar-refractivity contribution >= 4 is 27.7 Å². The number of pyridine rings is 1. The van der Waals surface area contributed by atoms with E-state index in [2.05, 4.69) is 41.0 Å². The molecule has 25 heavy (non-hydrogen) atoms. The maximum atomic E-state index is 12.6. The summed E-state index contributed by atoms with van der Waals surface area (Å²) in [6.45, 7) is 7.33. The van der Waals surface area contributed by atoms with Gasteiger partial charge >= 0.3 is 0 Å². The van der Waals surface area contributed by atoms with Gasteiger partial charge < -0.3 is 15.8 Å². The van der Waals surface area contributed by atoms with Gasteiger partial charge in [0.1, 0.15) is 5.82 Å². The summed E-state index contributed by atoms with van der Waals surface area (Å²) in [5.41, 5.74) is 2.69. The topological polar surface area (TPSA) is 102 Å². The number of imidazole rings is 1. The lowest BCUT2D eigenvalue weighted by Gasteiger charge is -2.19. The maximum Gasteiger partial charge on any atom is 0.197 e. The summed E-state index contributed by atoms with van der Waals surface area (Å²) in [6.07, 6.45) is 0. The molecule has 134 valence electrons. The van der Waals surface area contributed by atoms with E-state index in [1.165, 1.54) is 0 Å². The first-order valence-corrected chi connectivity index (χ1v) is 9.25. The van der Waals surface area contributed by atoms with Crippen molar-refractivity contribution in [1.82, 2.24) is 15.0 Å². The number of nitrogens with one attached hydrogen (secondary N) is 2. The monoisotopic (exact) mass is 360 g/mol. The molecule has 3 aromatic rings. The van der Waals surface area contributed by atoms with Crippen LogP contribution in [0.2, 0.25) is 0 Å². The summed E-state index contributed by atoms with van der Waals surface area (Å²) < 4.78 is 12.6. The zero-order valence-corrected chi connectivity index (χ0v) is 15.5. The summed E-state index contributed by atoms with van der Waals surface area (Å²) in [5.74, 6) is 1.15. The molecule has 0 saturated heterocycles. The van der Waals surface area contributed by atoms with Gasteiger partial charge in [0.2, 0.25) is 0 Å². The van der Waals surface area contributed by atoms with Crippen LogP contribution < -0.4 is 5.32 Å². The second kappa shape index (κ2) is 7.76. The lowest BCUT2D eigenvalue weighted by molar-refractivity contribution is 0.442. The summed E-state index contributed by atoms with van der Waals surface area (Å²) in [6, 6.07) is 13.4. The minimum absolute atomic E-state index is 0. The summed E-state index contributed by atoms with van der Waals surface area (Å²) in [7, 11) is -1.25. The lowest BCUT2D eigenvalue weighted by Crippen LogP contribution is -2.19. The van der Waals surface area contributed by atoms with E-state index in [1.807, 2.05) is 42.5 Å². The van der Waals surface area contributed by atoms with Crippen molar-refractivity contribution in [3.8, 4) is 0 Å². The van der Waals surface area contributed by atoms with E-state index in [4.69, 9.17) is 0 Å². The van der Waals surface area contributed by atoms with Crippen LogP contribution in [0.1, 0.15) is 26.5 Å². The van der Waals surface area contributed by atoms with Gasteiger partial charge in [0.15, 0.2) is 5.16 Å². The fourth-order valence-electron chi connectivity index (χ4n) is 2.25. The molecule has 2 heterocycles. The van der Waals surface area contributed by atoms with Crippen molar-refractivity contribution in [3.63, 3.8) is 0 Å². The molecular weight excluding hydrogens is 336 g/mol. The molecular formula is C18H24N4O2S. The van der Waals surface area contributed by atoms with E-state index in [1.54, 1.807) is 0 Å². The predicted octanol–water partition coefficient (Wildman–Crippen LogP) is 2.90. The lowest BCUT2D eigenvalue weighted by atomic mass is 9.97. The van der Waals surface area contributed by atoms with Crippen molar-refractivity contribution in [2.45, 2.75) is 31.7 Å². The van der Waals surface area contributed by atoms with Gasteiger partial charge in [-0.2, -0.15) is 0 Å². The minimum Gasteiger partial charge on any atom is -0.412 e. The standard InChI is InChI=1S/C18H22N4OS.H2O/c1-18(2,3)12-19-16-10-6-7-13(20-16)11-24(23)17-21-14-8-4-5-9-15(14)22-17;/h4-10H,11-12H2,1-3H3,(H,19,20)(H,21,22);1H2. The second-order valence-corrected chi connectivity index (χ2v) is 8.34. The maximum absolute atomic E-state index is 12.6. The highest BCUT2D eigenvalue weighted by Gasteiger charge is 2.13. The van der Waals surface area contributed by atoms with Crippen molar-refractivity contribution in [1.29, 1.82) is 0 Å². The predicted molar refractivity (Wildman–Crippen MR) is 102 cm³/mol. The quantitative estimate of drug-likeness (QED) is 0.730. The minimum atomic E-state index is -1.25. The number of aromatic amines is 1. The van der Waals surface area contributed by atoms with E-state index in [0.29, 0.717) is 10.9 Å². The van der Waals surface area contributed by atoms with Gasteiger partial charge in [-0.3, -0.25) is 4.21 Å². The normalized spacial score (nSPS) is 12.6. The van der Waals surface area contributed by atoms with E-state index in [-0.39, 0.29) is 10.9 Å². The third-order valence-corrected chi connectivity index (χ3v) is 4.65.